The molecule has 3 nitrogen and oxygen atoms in total. The standard InChI is InChI=1S/C21H21N3/c1-2-3-5-12-17-15-18-21(23-19-13-8-9-14-24(18)19)20(22-17)16-10-6-4-7-11-16/h4,6-11,13-15H,2-3,5,12H2,1H3. The minimum atomic E-state index is 0.970. The molecule has 0 N–H and O–H groups in total. The van der Waals surface area contributed by atoms with E-state index in [1.807, 2.05) is 24.3 Å². The van der Waals surface area contributed by atoms with Crippen molar-refractivity contribution < 1.29 is 0 Å². The number of hydrogen-bond acceptors (Lipinski definition) is 2. The molecule has 24 heavy (non-hydrogen) atoms. The zero-order chi connectivity index (χ0) is 16.4. The van der Waals surface area contributed by atoms with Crippen LogP contribution in [0.3, 0.4) is 0 Å². The molecular weight excluding hydrogens is 294 g/mol. The number of hydrogen-bond donors (Lipinski definition) is 0. The third-order valence-corrected chi connectivity index (χ3v) is 4.43. The van der Waals surface area contributed by atoms with Crippen LogP contribution in [0.1, 0.15) is 31.9 Å². The van der Waals surface area contributed by atoms with Gasteiger partial charge < -0.3 is 0 Å². The summed E-state index contributed by atoms with van der Waals surface area (Å²) in [7, 11) is 0. The van der Waals surface area contributed by atoms with Crippen LogP contribution in [0.25, 0.3) is 27.9 Å². The molecule has 3 aromatic heterocycles. The quantitative estimate of drug-likeness (QED) is 0.469. The number of rotatable bonds is 5. The van der Waals surface area contributed by atoms with Crippen LogP contribution < -0.4 is 0 Å². The smallest absolute Gasteiger partial charge is 0.137 e. The predicted octanol–water partition coefficient (Wildman–Crippen LogP) is 5.28. The Morgan fingerprint density at radius 1 is 0.917 bits per heavy atom. The van der Waals surface area contributed by atoms with Gasteiger partial charge in [0.05, 0.1) is 11.2 Å². The van der Waals surface area contributed by atoms with E-state index in [0.717, 1.165) is 40.1 Å². The maximum absolute atomic E-state index is 4.96. The summed E-state index contributed by atoms with van der Waals surface area (Å²) in [6.45, 7) is 2.23. The Morgan fingerprint density at radius 3 is 2.58 bits per heavy atom. The third kappa shape index (κ3) is 2.67. The molecule has 4 aromatic rings. The van der Waals surface area contributed by atoms with Crippen molar-refractivity contribution in [2.24, 2.45) is 0 Å². The molecule has 0 spiro atoms. The molecule has 0 fully saturated rings. The van der Waals surface area contributed by atoms with Gasteiger partial charge in [0.25, 0.3) is 0 Å². The first kappa shape index (κ1) is 14.9. The third-order valence-electron chi connectivity index (χ3n) is 4.43. The summed E-state index contributed by atoms with van der Waals surface area (Å²) in [4.78, 5) is 9.79. The fourth-order valence-corrected chi connectivity index (χ4v) is 3.20. The van der Waals surface area contributed by atoms with Crippen LogP contribution in [0.15, 0.2) is 60.8 Å². The molecule has 0 saturated carbocycles. The molecule has 0 radical (unpaired) electrons. The highest BCUT2D eigenvalue weighted by Gasteiger charge is 2.13. The number of benzene rings is 1. The summed E-state index contributed by atoms with van der Waals surface area (Å²) in [5.41, 5.74) is 6.36. The van der Waals surface area contributed by atoms with E-state index in [1.54, 1.807) is 0 Å². The van der Waals surface area contributed by atoms with Gasteiger partial charge in [-0.2, -0.15) is 0 Å². The molecule has 0 unspecified atom stereocenters. The van der Waals surface area contributed by atoms with Crippen LogP contribution in [0.5, 0.6) is 0 Å². The van der Waals surface area contributed by atoms with Crippen LogP contribution in [0.4, 0.5) is 0 Å². The van der Waals surface area contributed by atoms with Crippen molar-refractivity contribution in [1.82, 2.24) is 14.4 Å². The highest BCUT2D eigenvalue weighted by Crippen LogP contribution is 2.28. The van der Waals surface area contributed by atoms with Crippen molar-refractivity contribution in [2.45, 2.75) is 32.6 Å². The van der Waals surface area contributed by atoms with E-state index < -0.39 is 0 Å². The highest BCUT2D eigenvalue weighted by molar-refractivity contribution is 5.92. The Kier molecular flexibility index (Phi) is 3.99. The summed E-state index contributed by atoms with van der Waals surface area (Å²) < 4.78 is 2.16. The van der Waals surface area contributed by atoms with Crippen molar-refractivity contribution >= 4 is 16.7 Å². The van der Waals surface area contributed by atoms with Gasteiger partial charge in [-0.25, -0.2) is 4.98 Å². The van der Waals surface area contributed by atoms with E-state index >= 15 is 0 Å². The molecule has 0 aliphatic heterocycles. The number of aromatic nitrogens is 3. The van der Waals surface area contributed by atoms with Crippen LogP contribution in [-0.2, 0) is 6.42 Å². The molecule has 3 heteroatoms. The van der Waals surface area contributed by atoms with E-state index in [-0.39, 0.29) is 0 Å². The lowest BCUT2D eigenvalue weighted by molar-refractivity contribution is 0.708. The number of pyridine rings is 2. The fourth-order valence-electron chi connectivity index (χ4n) is 3.20. The van der Waals surface area contributed by atoms with Gasteiger partial charge in [-0.1, -0.05) is 56.2 Å². The van der Waals surface area contributed by atoms with E-state index in [2.05, 4.69) is 47.9 Å². The van der Waals surface area contributed by atoms with E-state index in [9.17, 15) is 0 Å². The highest BCUT2D eigenvalue weighted by atomic mass is 15.0. The summed E-state index contributed by atoms with van der Waals surface area (Å²) in [5.74, 6) is 0. The monoisotopic (exact) mass is 315 g/mol. The van der Waals surface area contributed by atoms with Crippen molar-refractivity contribution in [3.8, 4) is 11.3 Å². The molecule has 4 rings (SSSR count). The Hall–Kier alpha value is -2.68. The Labute approximate surface area is 142 Å². The molecule has 0 aliphatic rings. The maximum Gasteiger partial charge on any atom is 0.137 e. The largest absolute Gasteiger partial charge is 0.299 e. The Morgan fingerprint density at radius 2 is 1.75 bits per heavy atom. The first-order valence-corrected chi connectivity index (χ1v) is 8.69. The molecule has 1 aromatic carbocycles. The molecule has 0 saturated heterocycles. The second-order valence-electron chi connectivity index (χ2n) is 6.19. The lowest BCUT2D eigenvalue weighted by Gasteiger charge is -2.07. The van der Waals surface area contributed by atoms with Crippen LogP contribution in [0.2, 0.25) is 0 Å². The molecule has 120 valence electrons. The summed E-state index contributed by atoms with van der Waals surface area (Å²) >= 11 is 0. The van der Waals surface area contributed by atoms with E-state index in [0.29, 0.717) is 0 Å². The van der Waals surface area contributed by atoms with Gasteiger partial charge in [-0.05, 0) is 31.0 Å². The van der Waals surface area contributed by atoms with Gasteiger partial charge in [0.15, 0.2) is 0 Å². The van der Waals surface area contributed by atoms with Crippen LogP contribution in [0, 0.1) is 0 Å². The summed E-state index contributed by atoms with van der Waals surface area (Å²) in [6, 6.07) is 18.7. The van der Waals surface area contributed by atoms with Crippen molar-refractivity contribution in [3.63, 3.8) is 0 Å². The van der Waals surface area contributed by atoms with Gasteiger partial charge in [0, 0.05) is 17.5 Å². The van der Waals surface area contributed by atoms with Gasteiger partial charge in [0.2, 0.25) is 0 Å². The molecular formula is C21H21N3. The summed E-state index contributed by atoms with van der Waals surface area (Å²) in [5, 5.41) is 0. The first-order valence-electron chi connectivity index (χ1n) is 8.69. The van der Waals surface area contributed by atoms with Crippen molar-refractivity contribution in [2.75, 3.05) is 0 Å². The normalized spacial score (nSPS) is 11.4. The van der Waals surface area contributed by atoms with Gasteiger partial charge in [-0.3, -0.25) is 9.38 Å². The second kappa shape index (κ2) is 6.44. The second-order valence-corrected chi connectivity index (χ2v) is 6.19. The first-order chi connectivity index (χ1) is 11.9. The van der Waals surface area contributed by atoms with Crippen LogP contribution in [-0.4, -0.2) is 14.4 Å². The molecule has 3 heterocycles. The number of fused-ring (bicyclic) bond motifs is 3. The molecule has 0 amide bonds. The lowest BCUT2D eigenvalue weighted by atomic mass is 10.1. The molecule has 0 atom stereocenters. The molecule has 0 bridgehead atoms. The SMILES string of the molecule is CCCCCc1cc2c(nc3ccccn32)c(-c2ccccc2)n1. The fraction of sp³-hybridized carbons (Fsp3) is 0.238. The minimum absolute atomic E-state index is 0.970. The number of aryl methyl sites for hydroxylation is 1. The minimum Gasteiger partial charge on any atom is -0.299 e. The number of imidazole rings is 1. The zero-order valence-corrected chi connectivity index (χ0v) is 13.9. The predicted molar refractivity (Wildman–Crippen MR) is 99.2 cm³/mol. The van der Waals surface area contributed by atoms with Crippen LogP contribution >= 0.6 is 0 Å². The average molecular weight is 315 g/mol. The zero-order valence-electron chi connectivity index (χ0n) is 13.9. The Bertz CT molecular complexity index is 970. The van der Waals surface area contributed by atoms with Crippen molar-refractivity contribution in [1.29, 1.82) is 0 Å². The number of nitrogens with zero attached hydrogens (tertiary/aromatic N) is 3. The van der Waals surface area contributed by atoms with Gasteiger partial charge >= 0.3 is 0 Å². The van der Waals surface area contributed by atoms with E-state index in [4.69, 9.17) is 9.97 Å². The lowest BCUT2D eigenvalue weighted by Crippen LogP contribution is -1.95. The topological polar surface area (TPSA) is 30.2 Å². The average Bonchev–Trinajstić information content (AvgIpc) is 3.01. The Balaban J connectivity index is 1.94. The van der Waals surface area contributed by atoms with Gasteiger partial charge in [-0.15, -0.1) is 0 Å². The van der Waals surface area contributed by atoms with Crippen molar-refractivity contribution in [3.05, 3.63) is 66.5 Å². The van der Waals surface area contributed by atoms with Gasteiger partial charge in [0.1, 0.15) is 11.2 Å². The van der Waals surface area contributed by atoms with E-state index in [1.165, 1.54) is 19.3 Å². The maximum atomic E-state index is 4.96. The summed E-state index contributed by atoms with van der Waals surface area (Å²) in [6.07, 6.45) is 6.75. The molecule has 0 aliphatic carbocycles. The number of unbranched alkanes of at least 4 members (excludes halogenated alkanes) is 2.